The summed E-state index contributed by atoms with van der Waals surface area (Å²) in [5.74, 6) is -1.01. The number of carbonyl (C=O) groups excluding carboxylic acids is 1. The molecule has 8 heteroatoms. The van der Waals surface area contributed by atoms with Crippen LogP contribution in [-0.2, 0) is 10.3 Å². The highest BCUT2D eigenvalue weighted by Gasteiger charge is 2.36. The lowest BCUT2D eigenvalue weighted by atomic mass is 9.86. The third-order valence-electron chi connectivity index (χ3n) is 3.73. The molecule has 1 aromatic carbocycles. The van der Waals surface area contributed by atoms with Gasteiger partial charge in [-0.25, -0.2) is 0 Å². The maximum absolute atomic E-state index is 12.4. The minimum Gasteiger partial charge on any atom is -0.343 e. The molecule has 0 aliphatic rings. The molecule has 0 saturated carbocycles. The number of benzene rings is 1. The topological polar surface area (TPSA) is 32.3 Å². The number of hydrogen-bond acceptors (Lipinski definition) is 2. The Morgan fingerprint density at radius 2 is 1.96 bits per heavy atom. The summed E-state index contributed by atoms with van der Waals surface area (Å²) in [6.45, 7) is 3.70. The number of nitrogens with zero attached hydrogens (tertiary/aromatic N) is 1. The lowest BCUT2D eigenvalue weighted by Crippen LogP contribution is -2.50. The van der Waals surface area contributed by atoms with Crippen LogP contribution in [0.15, 0.2) is 30.9 Å². The molecule has 1 aromatic rings. The summed E-state index contributed by atoms with van der Waals surface area (Å²) in [5, 5.41) is 3.77. The number of nitrogens with one attached hydrogen (secondary N) is 1. The van der Waals surface area contributed by atoms with Crippen LogP contribution in [0.3, 0.4) is 0 Å². The average Bonchev–Trinajstić information content (AvgIpc) is 2.47. The Labute approximate surface area is 149 Å². The summed E-state index contributed by atoms with van der Waals surface area (Å²) in [6.07, 6.45) is -4.04. The van der Waals surface area contributed by atoms with Crippen molar-refractivity contribution in [2.24, 2.45) is 0 Å². The van der Waals surface area contributed by atoms with Gasteiger partial charge in [0.25, 0.3) is 0 Å². The van der Waals surface area contributed by atoms with E-state index in [1.54, 1.807) is 31.3 Å². The molecule has 1 amide bonds. The quantitative estimate of drug-likeness (QED) is 0.709. The van der Waals surface area contributed by atoms with E-state index in [2.05, 4.69) is 11.9 Å². The molecule has 0 saturated heterocycles. The van der Waals surface area contributed by atoms with E-state index in [-0.39, 0.29) is 6.54 Å². The first-order valence-electron chi connectivity index (χ1n) is 7.10. The first-order valence-corrected chi connectivity index (χ1v) is 7.86. The van der Waals surface area contributed by atoms with Gasteiger partial charge in [-0.3, -0.25) is 4.79 Å². The van der Waals surface area contributed by atoms with Crippen LogP contribution in [-0.4, -0.2) is 37.6 Å². The number of likely N-dealkylation sites (N-methyl/N-ethyl adjacent to an activating group) is 2. The zero-order valence-electron chi connectivity index (χ0n) is 13.4. The second-order valence-electron chi connectivity index (χ2n) is 5.50. The summed E-state index contributed by atoms with van der Waals surface area (Å²) < 4.78 is 37.3. The molecule has 0 aliphatic carbocycles. The van der Waals surface area contributed by atoms with Crippen molar-refractivity contribution >= 4 is 29.1 Å². The van der Waals surface area contributed by atoms with Gasteiger partial charge in [-0.1, -0.05) is 35.3 Å². The fraction of sp³-hybridized carbons (Fsp3) is 0.438. The summed E-state index contributed by atoms with van der Waals surface area (Å²) in [6, 6.07) is 4.95. The monoisotopic (exact) mass is 382 g/mol. The van der Waals surface area contributed by atoms with Crippen LogP contribution < -0.4 is 5.32 Å². The van der Waals surface area contributed by atoms with Crippen molar-refractivity contribution < 1.29 is 18.0 Å². The van der Waals surface area contributed by atoms with Gasteiger partial charge in [-0.2, -0.15) is 13.2 Å². The first kappa shape index (κ1) is 20.8. The third-order valence-corrected chi connectivity index (χ3v) is 4.47. The van der Waals surface area contributed by atoms with Crippen molar-refractivity contribution in [2.75, 3.05) is 20.6 Å². The Kier molecular flexibility index (Phi) is 7.13. The number of hydrogen-bond donors (Lipinski definition) is 1. The van der Waals surface area contributed by atoms with Gasteiger partial charge in [-0.05, 0) is 31.2 Å². The molecule has 0 aromatic heterocycles. The lowest BCUT2D eigenvalue weighted by molar-refractivity contribution is -0.161. The zero-order valence-corrected chi connectivity index (χ0v) is 14.9. The molecular formula is C16H19Cl2F3N2O. The highest BCUT2D eigenvalue weighted by molar-refractivity contribution is 6.42. The maximum atomic E-state index is 12.4. The Balaban J connectivity index is 3.13. The van der Waals surface area contributed by atoms with Crippen LogP contribution >= 0.6 is 23.2 Å². The maximum Gasteiger partial charge on any atom is 0.397 e. The van der Waals surface area contributed by atoms with Crippen molar-refractivity contribution in [3.8, 4) is 0 Å². The van der Waals surface area contributed by atoms with Gasteiger partial charge in [0.1, 0.15) is 6.42 Å². The van der Waals surface area contributed by atoms with Gasteiger partial charge in [0, 0.05) is 13.6 Å². The van der Waals surface area contributed by atoms with E-state index in [1.165, 1.54) is 7.05 Å². The van der Waals surface area contributed by atoms with Crippen LogP contribution in [0.1, 0.15) is 18.4 Å². The van der Waals surface area contributed by atoms with E-state index in [0.717, 1.165) is 4.90 Å². The summed E-state index contributed by atoms with van der Waals surface area (Å²) in [7, 11) is 2.99. The van der Waals surface area contributed by atoms with E-state index < -0.39 is 24.0 Å². The molecule has 3 nitrogen and oxygen atoms in total. The second kappa shape index (κ2) is 8.23. The van der Waals surface area contributed by atoms with Gasteiger partial charge in [0.05, 0.1) is 15.6 Å². The largest absolute Gasteiger partial charge is 0.397 e. The van der Waals surface area contributed by atoms with Crippen LogP contribution in [0, 0.1) is 0 Å². The molecule has 24 heavy (non-hydrogen) atoms. The Morgan fingerprint density at radius 1 is 1.33 bits per heavy atom. The lowest BCUT2D eigenvalue weighted by Gasteiger charge is -2.37. The van der Waals surface area contributed by atoms with Crippen LogP contribution in [0.5, 0.6) is 0 Å². The molecule has 0 heterocycles. The molecule has 0 aliphatic heterocycles. The van der Waals surface area contributed by atoms with Crippen molar-refractivity contribution in [3.05, 3.63) is 46.5 Å². The standard InChI is InChI=1S/C16H19Cl2F3N2O/c1-4-7-15(22-2,11-5-6-12(17)13(18)8-11)10-23(3)14(24)9-16(19,20)21/h4-6,8,22H,1,7,9-10H2,2-3H3/t15-/m1/s1. The number of alkyl halides is 3. The third kappa shape index (κ3) is 5.40. The van der Waals surface area contributed by atoms with E-state index >= 15 is 0 Å². The predicted octanol–water partition coefficient (Wildman–Crippen LogP) is 4.40. The van der Waals surface area contributed by atoms with Crippen molar-refractivity contribution in [1.82, 2.24) is 10.2 Å². The molecule has 134 valence electrons. The minimum absolute atomic E-state index is 0.0163. The van der Waals surface area contributed by atoms with E-state index in [4.69, 9.17) is 23.2 Å². The van der Waals surface area contributed by atoms with Gasteiger partial charge >= 0.3 is 6.18 Å². The highest BCUT2D eigenvalue weighted by Crippen LogP contribution is 2.32. The molecule has 0 unspecified atom stereocenters. The number of amides is 1. The fourth-order valence-electron chi connectivity index (χ4n) is 2.44. The summed E-state index contributed by atoms with van der Waals surface area (Å²) in [4.78, 5) is 12.9. The van der Waals surface area contributed by atoms with Crippen LogP contribution in [0.4, 0.5) is 13.2 Å². The van der Waals surface area contributed by atoms with Crippen molar-refractivity contribution in [3.63, 3.8) is 0 Å². The SMILES string of the molecule is C=CC[C@](CN(C)C(=O)CC(F)(F)F)(NC)c1ccc(Cl)c(Cl)c1. The molecule has 1 N–H and O–H groups in total. The smallest absolute Gasteiger partial charge is 0.343 e. The number of carbonyl (C=O) groups is 1. The molecule has 0 bridgehead atoms. The minimum atomic E-state index is -4.55. The Bertz CT molecular complexity index is 607. The summed E-state index contributed by atoms with van der Waals surface area (Å²) in [5.41, 5.74) is -0.127. The van der Waals surface area contributed by atoms with E-state index in [1.807, 2.05) is 0 Å². The predicted molar refractivity (Wildman–Crippen MR) is 90.3 cm³/mol. The van der Waals surface area contributed by atoms with Crippen molar-refractivity contribution in [1.29, 1.82) is 0 Å². The van der Waals surface area contributed by atoms with Gasteiger partial charge in [0.15, 0.2) is 0 Å². The molecule has 1 atom stereocenters. The highest BCUT2D eigenvalue weighted by atomic mass is 35.5. The first-order chi connectivity index (χ1) is 11.0. The molecule has 1 rings (SSSR count). The number of rotatable bonds is 7. The zero-order chi connectivity index (χ0) is 18.5. The average molecular weight is 383 g/mol. The molecule has 0 spiro atoms. The van der Waals surface area contributed by atoms with Crippen LogP contribution in [0.25, 0.3) is 0 Å². The number of halogens is 5. The molecule has 0 fully saturated rings. The molecule has 0 radical (unpaired) electrons. The van der Waals surface area contributed by atoms with Gasteiger partial charge in [-0.15, -0.1) is 6.58 Å². The van der Waals surface area contributed by atoms with Gasteiger partial charge < -0.3 is 10.2 Å². The summed E-state index contributed by atoms with van der Waals surface area (Å²) >= 11 is 12.0. The fourth-order valence-corrected chi connectivity index (χ4v) is 2.74. The normalized spacial score (nSPS) is 14.1. The molecular weight excluding hydrogens is 364 g/mol. The second-order valence-corrected chi connectivity index (χ2v) is 6.31. The van der Waals surface area contributed by atoms with E-state index in [9.17, 15) is 18.0 Å². The van der Waals surface area contributed by atoms with Crippen LogP contribution in [0.2, 0.25) is 10.0 Å². The Hall–Kier alpha value is -1.24. The van der Waals surface area contributed by atoms with Gasteiger partial charge in [0.2, 0.25) is 5.91 Å². The van der Waals surface area contributed by atoms with Crippen molar-refractivity contribution in [2.45, 2.75) is 24.6 Å². The van der Waals surface area contributed by atoms with E-state index in [0.29, 0.717) is 22.0 Å². The Morgan fingerprint density at radius 3 is 2.42 bits per heavy atom.